The van der Waals surface area contributed by atoms with Crippen LogP contribution in [0.2, 0.25) is 0 Å². The molecule has 0 aliphatic heterocycles. The van der Waals surface area contributed by atoms with Crippen LogP contribution in [0.1, 0.15) is 11.1 Å². The van der Waals surface area contributed by atoms with E-state index in [-0.39, 0.29) is 0 Å². The van der Waals surface area contributed by atoms with Gasteiger partial charge in [0.15, 0.2) is 0 Å². The summed E-state index contributed by atoms with van der Waals surface area (Å²) in [5, 5.41) is 4.05. The number of halogens is 1. The Kier molecular flexibility index (Phi) is 5.22. The smallest absolute Gasteiger partial charge is 0.142 e. The Morgan fingerprint density at radius 2 is 1.57 bits per heavy atom. The van der Waals surface area contributed by atoms with Crippen molar-refractivity contribution in [1.82, 2.24) is 0 Å². The molecule has 0 amide bonds. The van der Waals surface area contributed by atoms with Crippen LogP contribution >= 0.6 is 15.9 Å². The molecule has 23 heavy (non-hydrogen) atoms. The zero-order chi connectivity index (χ0) is 15.9. The number of hydrogen-bond donors (Lipinski definition) is 0. The Balaban J connectivity index is 1.64. The number of benzene rings is 3. The molecule has 0 heterocycles. The second-order valence-electron chi connectivity index (χ2n) is 5.10. The molecule has 0 saturated carbocycles. The van der Waals surface area contributed by atoms with E-state index in [0.29, 0.717) is 6.61 Å². The van der Waals surface area contributed by atoms with Crippen molar-refractivity contribution in [1.29, 1.82) is 0 Å². The molecule has 0 fully saturated rings. The highest BCUT2D eigenvalue weighted by Gasteiger charge is 1.99. The lowest BCUT2D eigenvalue weighted by Crippen LogP contribution is -1.90. The lowest BCUT2D eigenvalue weighted by atomic mass is 10.0. The van der Waals surface area contributed by atoms with Gasteiger partial charge >= 0.3 is 0 Å². The second-order valence-corrected chi connectivity index (χ2v) is 5.95. The molecule has 114 valence electrons. The topological polar surface area (TPSA) is 21.6 Å². The number of nitrogens with zero attached hydrogens (tertiary/aromatic N) is 1. The minimum atomic E-state index is 0.446. The van der Waals surface area contributed by atoms with Crippen molar-refractivity contribution < 1.29 is 4.84 Å². The first-order chi connectivity index (χ1) is 11.3. The summed E-state index contributed by atoms with van der Waals surface area (Å²) in [7, 11) is 0. The lowest BCUT2D eigenvalue weighted by molar-refractivity contribution is 0.132. The van der Waals surface area contributed by atoms with Crippen LogP contribution in [-0.4, -0.2) is 6.21 Å². The first-order valence-electron chi connectivity index (χ1n) is 7.37. The van der Waals surface area contributed by atoms with Gasteiger partial charge in [0, 0.05) is 10.0 Å². The van der Waals surface area contributed by atoms with Gasteiger partial charge < -0.3 is 4.84 Å². The third kappa shape index (κ3) is 4.30. The van der Waals surface area contributed by atoms with Gasteiger partial charge in [-0.1, -0.05) is 87.8 Å². The summed E-state index contributed by atoms with van der Waals surface area (Å²) in [6.07, 6.45) is 1.71. The van der Waals surface area contributed by atoms with Gasteiger partial charge in [-0.05, 0) is 28.8 Å². The predicted molar refractivity (Wildman–Crippen MR) is 98.4 cm³/mol. The Morgan fingerprint density at radius 3 is 2.39 bits per heavy atom. The maximum absolute atomic E-state index is 5.42. The molecule has 3 heteroatoms. The van der Waals surface area contributed by atoms with Crippen molar-refractivity contribution in [3.8, 4) is 11.1 Å². The molecule has 0 aliphatic rings. The second kappa shape index (κ2) is 7.75. The normalized spacial score (nSPS) is 10.8. The summed E-state index contributed by atoms with van der Waals surface area (Å²) >= 11 is 3.48. The fourth-order valence-corrected chi connectivity index (χ4v) is 2.64. The van der Waals surface area contributed by atoms with E-state index in [2.05, 4.69) is 45.4 Å². The summed E-state index contributed by atoms with van der Waals surface area (Å²) in [5.74, 6) is 0. The molecular formula is C20H16BrNO. The monoisotopic (exact) mass is 365 g/mol. The van der Waals surface area contributed by atoms with Gasteiger partial charge in [-0.15, -0.1) is 0 Å². The van der Waals surface area contributed by atoms with Gasteiger partial charge in [0.25, 0.3) is 0 Å². The Hall–Kier alpha value is -2.39. The number of rotatable bonds is 5. The van der Waals surface area contributed by atoms with Gasteiger partial charge in [-0.3, -0.25) is 0 Å². The van der Waals surface area contributed by atoms with Crippen LogP contribution in [-0.2, 0) is 11.4 Å². The van der Waals surface area contributed by atoms with Crippen LogP contribution in [0.25, 0.3) is 11.1 Å². The van der Waals surface area contributed by atoms with Crippen LogP contribution in [0.5, 0.6) is 0 Å². The minimum Gasteiger partial charge on any atom is -0.391 e. The zero-order valence-corrected chi connectivity index (χ0v) is 14.1. The highest BCUT2D eigenvalue weighted by molar-refractivity contribution is 9.10. The van der Waals surface area contributed by atoms with Gasteiger partial charge in [-0.2, -0.15) is 0 Å². The van der Waals surface area contributed by atoms with Gasteiger partial charge in [0.05, 0.1) is 6.21 Å². The zero-order valence-electron chi connectivity index (χ0n) is 12.5. The van der Waals surface area contributed by atoms with E-state index in [1.165, 1.54) is 11.1 Å². The molecule has 0 unspecified atom stereocenters. The van der Waals surface area contributed by atoms with Crippen LogP contribution in [0, 0.1) is 0 Å². The Bertz CT molecular complexity index is 800. The molecule has 3 aromatic carbocycles. The molecule has 0 saturated heterocycles. The Labute approximate surface area is 144 Å². The highest BCUT2D eigenvalue weighted by atomic mass is 79.9. The summed E-state index contributed by atoms with van der Waals surface area (Å²) in [4.78, 5) is 5.42. The van der Waals surface area contributed by atoms with Crippen LogP contribution in [0.15, 0.2) is 88.5 Å². The fraction of sp³-hybridized carbons (Fsp3) is 0.0500. The molecule has 0 aliphatic carbocycles. The van der Waals surface area contributed by atoms with E-state index in [1.54, 1.807) is 6.21 Å². The summed E-state index contributed by atoms with van der Waals surface area (Å²) in [6.45, 7) is 0.446. The fourth-order valence-electron chi connectivity index (χ4n) is 2.26. The van der Waals surface area contributed by atoms with Crippen LogP contribution < -0.4 is 0 Å². The van der Waals surface area contributed by atoms with Crippen molar-refractivity contribution in [2.24, 2.45) is 5.16 Å². The van der Waals surface area contributed by atoms with Crippen LogP contribution in [0.4, 0.5) is 0 Å². The minimum absolute atomic E-state index is 0.446. The maximum Gasteiger partial charge on any atom is 0.142 e. The van der Waals surface area contributed by atoms with Crippen molar-refractivity contribution >= 4 is 22.1 Å². The van der Waals surface area contributed by atoms with E-state index >= 15 is 0 Å². The molecule has 0 atom stereocenters. The van der Waals surface area contributed by atoms with Crippen molar-refractivity contribution in [3.05, 3.63) is 94.5 Å². The number of oxime groups is 1. The van der Waals surface area contributed by atoms with Crippen molar-refractivity contribution in [2.75, 3.05) is 0 Å². The van der Waals surface area contributed by atoms with Gasteiger partial charge in [0.1, 0.15) is 6.61 Å². The average molecular weight is 366 g/mol. The summed E-state index contributed by atoms with van der Waals surface area (Å²) in [6, 6.07) is 26.5. The molecular weight excluding hydrogens is 350 g/mol. The third-order valence-corrected chi connectivity index (χ3v) is 4.16. The third-order valence-electron chi connectivity index (χ3n) is 3.44. The lowest BCUT2D eigenvalue weighted by Gasteiger charge is -2.05. The van der Waals surface area contributed by atoms with E-state index in [4.69, 9.17) is 4.84 Å². The standard InChI is InChI=1S/C20H16BrNO/c21-20-12-5-4-10-19(20)14-22-23-15-16-7-6-11-18(13-16)17-8-2-1-3-9-17/h1-14H,15H2. The molecule has 3 rings (SSSR count). The summed E-state index contributed by atoms with van der Waals surface area (Å²) in [5.41, 5.74) is 4.47. The first-order valence-corrected chi connectivity index (χ1v) is 8.16. The van der Waals surface area contributed by atoms with E-state index in [0.717, 1.165) is 15.6 Å². The van der Waals surface area contributed by atoms with Gasteiger partial charge in [-0.25, -0.2) is 0 Å². The Morgan fingerprint density at radius 1 is 0.826 bits per heavy atom. The highest BCUT2D eigenvalue weighted by Crippen LogP contribution is 2.20. The van der Waals surface area contributed by atoms with E-state index in [9.17, 15) is 0 Å². The largest absolute Gasteiger partial charge is 0.391 e. The van der Waals surface area contributed by atoms with E-state index in [1.807, 2.05) is 54.6 Å². The summed E-state index contributed by atoms with van der Waals surface area (Å²) < 4.78 is 0.999. The van der Waals surface area contributed by atoms with E-state index < -0.39 is 0 Å². The predicted octanol–water partition coefficient (Wildman–Crippen LogP) is 5.67. The first kappa shape index (κ1) is 15.5. The molecule has 0 aromatic heterocycles. The van der Waals surface area contributed by atoms with Crippen molar-refractivity contribution in [3.63, 3.8) is 0 Å². The van der Waals surface area contributed by atoms with Crippen molar-refractivity contribution in [2.45, 2.75) is 6.61 Å². The molecule has 0 N–H and O–H groups in total. The quantitative estimate of drug-likeness (QED) is 0.421. The molecule has 0 radical (unpaired) electrons. The maximum atomic E-state index is 5.42. The number of hydrogen-bond acceptors (Lipinski definition) is 2. The van der Waals surface area contributed by atoms with Crippen LogP contribution in [0.3, 0.4) is 0 Å². The molecule has 2 nitrogen and oxygen atoms in total. The van der Waals surface area contributed by atoms with Gasteiger partial charge in [0.2, 0.25) is 0 Å². The SMILES string of the molecule is Brc1ccccc1C=NOCc1cccc(-c2ccccc2)c1. The molecule has 3 aromatic rings. The average Bonchev–Trinajstić information content (AvgIpc) is 2.61. The molecule has 0 spiro atoms. The molecule has 0 bridgehead atoms.